The highest BCUT2D eigenvalue weighted by atomic mass is 32.2. The third-order valence-corrected chi connectivity index (χ3v) is 7.14. The Labute approximate surface area is 220 Å². The second-order valence-corrected chi connectivity index (χ2v) is 10.1. The monoisotopic (exact) mass is 578 g/mol. The molecule has 202 valence electrons. The molecule has 0 spiro atoms. The summed E-state index contributed by atoms with van der Waals surface area (Å²) in [4.78, 5) is 38.3. The summed E-state index contributed by atoms with van der Waals surface area (Å²) in [5, 5.41) is 8.77. The lowest BCUT2D eigenvalue weighted by molar-refractivity contribution is -0.149. The zero-order valence-electron chi connectivity index (χ0n) is 18.9. The van der Waals surface area contributed by atoms with Gasteiger partial charge in [-0.05, 0) is 36.8 Å². The maximum absolute atomic E-state index is 13.2. The molecule has 2 aliphatic rings. The van der Waals surface area contributed by atoms with Crippen LogP contribution in [0, 0.1) is 0 Å². The number of thiocarbonyl (C=S) groups is 1. The number of alkyl halides is 6. The number of furan rings is 1. The lowest BCUT2D eigenvalue weighted by Gasteiger charge is -2.22. The van der Waals surface area contributed by atoms with Crippen LogP contribution in [0.5, 0.6) is 0 Å². The second-order valence-electron chi connectivity index (χ2n) is 8.45. The van der Waals surface area contributed by atoms with Crippen LogP contribution in [0.15, 0.2) is 39.7 Å². The van der Waals surface area contributed by atoms with E-state index in [1.165, 1.54) is 23.1 Å². The normalized spacial score (nSPS) is 20.1. The summed E-state index contributed by atoms with van der Waals surface area (Å²) in [7, 11) is 0. The van der Waals surface area contributed by atoms with Crippen LogP contribution in [0.1, 0.15) is 23.3 Å². The van der Waals surface area contributed by atoms with Gasteiger partial charge in [0.15, 0.2) is 0 Å². The van der Waals surface area contributed by atoms with Crippen molar-refractivity contribution in [2.24, 2.45) is 0 Å². The van der Waals surface area contributed by atoms with Crippen LogP contribution in [0.25, 0.3) is 17.4 Å². The number of carbonyl (C=O) groups excluding carboxylic acids is 2. The lowest BCUT2D eigenvalue weighted by atomic mass is 10.0. The summed E-state index contributed by atoms with van der Waals surface area (Å²) in [6, 6.07) is 3.17. The van der Waals surface area contributed by atoms with Crippen molar-refractivity contribution in [3.05, 3.63) is 52.1 Å². The predicted molar refractivity (Wildman–Crippen MR) is 127 cm³/mol. The minimum Gasteiger partial charge on any atom is -0.475 e. The molecule has 3 heterocycles. The number of carbonyl (C=O) groups is 3. The molecule has 0 radical (unpaired) electrons. The van der Waals surface area contributed by atoms with Crippen LogP contribution in [0.4, 0.5) is 26.3 Å². The minimum absolute atomic E-state index is 0.00609. The molecule has 15 heteroatoms. The van der Waals surface area contributed by atoms with Crippen LogP contribution >= 0.6 is 24.0 Å². The molecular formula is C23H16F6N2O5S2. The van der Waals surface area contributed by atoms with Crippen LogP contribution in [0.3, 0.4) is 0 Å². The third kappa shape index (κ3) is 5.94. The van der Waals surface area contributed by atoms with E-state index < -0.39 is 52.7 Å². The van der Waals surface area contributed by atoms with E-state index in [4.69, 9.17) is 21.7 Å². The molecule has 2 saturated heterocycles. The van der Waals surface area contributed by atoms with Crippen molar-refractivity contribution in [3.63, 3.8) is 0 Å². The molecule has 2 fully saturated rings. The topological polar surface area (TPSA) is 91.1 Å². The fraction of sp³-hybridized carbons (Fsp3) is 0.304. The number of thioether (sulfide) groups is 1. The Kier molecular flexibility index (Phi) is 7.47. The zero-order chi connectivity index (χ0) is 28.0. The summed E-state index contributed by atoms with van der Waals surface area (Å²) in [5.74, 6) is -3.29. The molecular weight excluding hydrogens is 562 g/mol. The molecule has 1 atom stereocenters. The molecule has 38 heavy (non-hydrogen) atoms. The molecule has 1 amide bonds. The first-order valence-electron chi connectivity index (χ1n) is 10.8. The van der Waals surface area contributed by atoms with Crippen molar-refractivity contribution in [2.45, 2.75) is 24.8 Å². The van der Waals surface area contributed by atoms with Gasteiger partial charge >= 0.3 is 18.3 Å². The van der Waals surface area contributed by atoms with Gasteiger partial charge in [0, 0.05) is 24.7 Å². The highest BCUT2D eigenvalue weighted by Crippen LogP contribution is 2.40. The molecule has 1 aromatic carbocycles. The minimum atomic E-state index is -5.02. The first-order valence-corrected chi connectivity index (χ1v) is 12.0. The van der Waals surface area contributed by atoms with Gasteiger partial charge in [-0.25, -0.2) is 4.79 Å². The van der Waals surface area contributed by atoms with Gasteiger partial charge in [-0.15, -0.1) is 0 Å². The molecule has 0 aliphatic carbocycles. The second kappa shape index (κ2) is 10.2. The van der Waals surface area contributed by atoms with E-state index in [0.29, 0.717) is 25.1 Å². The Balaban J connectivity index is 1.54. The maximum Gasteiger partial charge on any atom is 0.416 e. The van der Waals surface area contributed by atoms with Crippen molar-refractivity contribution in [1.82, 2.24) is 9.80 Å². The van der Waals surface area contributed by atoms with Crippen molar-refractivity contribution in [3.8, 4) is 11.3 Å². The van der Waals surface area contributed by atoms with Gasteiger partial charge < -0.3 is 9.52 Å². The number of carboxylic acid groups (broad SMARTS) is 1. The van der Waals surface area contributed by atoms with Crippen LogP contribution in [-0.2, 0) is 26.7 Å². The number of halogens is 6. The molecule has 0 saturated carbocycles. The molecule has 0 bridgehead atoms. The summed E-state index contributed by atoms with van der Waals surface area (Å²) < 4.78 is 84.8. The fourth-order valence-corrected chi connectivity index (χ4v) is 5.42. The molecule has 1 unspecified atom stereocenters. The number of ketones is 1. The van der Waals surface area contributed by atoms with Gasteiger partial charge in [0.25, 0.3) is 11.7 Å². The van der Waals surface area contributed by atoms with E-state index in [1.54, 1.807) is 4.90 Å². The SMILES string of the molecule is O=C(O)C(=O)CN1CCC(N2C(=O)C(=Cc3ccc(-c4cc(C(F)(F)F)cc(C(F)(F)F)c4)o3)SC2=S)C1. The van der Waals surface area contributed by atoms with Crippen molar-refractivity contribution in [2.75, 3.05) is 19.6 Å². The summed E-state index contributed by atoms with van der Waals surface area (Å²) in [6.45, 7) is 0.288. The highest BCUT2D eigenvalue weighted by Gasteiger charge is 2.41. The number of Topliss-reactive ketones (excluding diaryl/α,β-unsaturated/α-hetero) is 1. The zero-order valence-corrected chi connectivity index (χ0v) is 20.6. The number of nitrogens with zero attached hydrogens (tertiary/aromatic N) is 2. The number of aliphatic carboxylic acids is 1. The number of benzene rings is 1. The lowest BCUT2D eigenvalue weighted by Crippen LogP contribution is -2.41. The van der Waals surface area contributed by atoms with Crippen molar-refractivity contribution >= 4 is 52.0 Å². The number of carboxylic acids is 1. The highest BCUT2D eigenvalue weighted by molar-refractivity contribution is 8.26. The molecule has 4 rings (SSSR count). The molecule has 2 aliphatic heterocycles. The Morgan fingerprint density at radius 2 is 1.74 bits per heavy atom. The van der Waals surface area contributed by atoms with Gasteiger partial charge in [-0.3, -0.25) is 19.4 Å². The van der Waals surface area contributed by atoms with Crippen LogP contribution in [0.2, 0.25) is 0 Å². The standard InChI is InChI=1S/C23H16F6N2O5S2/c24-22(25,26)12-5-11(6-13(7-12)23(27,28)29)17-2-1-15(36-17)8-18-19(33)31(21(37)38-18)14-3-4-30(9-14)10-16(32)20(34)35/h1-2,5-8,14H,3-4,9-10H2,(H,34,35). The van der Waals surface area contributed by atoms with Gasteiger partial charge in [-0.2, -0.15) is 26.3 Å². The third-order valence-electron chi connectivity index (χ3n) is 5.81. The number of likely N-dealkylation sites (tertiary alicyclic amines) is 1. The largest absolute Gasteiger partial charge is 0.475 e. The number of hydrogen-bond donors (Lipinski definition) is 1. The Bertz CT molecular complexity index is 1320. The Hall–Kier alpha value is -3.17. The van der Waals surface area contributed by atoms with E-state index in [2.05, 4.69) is 0 Å². The molecule has 1 N–H and O–H groups in total. The first-order chi connectivity index (χ1) is 17.6. The average Bonchev–Trinajstić information content (AvgIpc) is 3.52. The molecule has 7 nitrogen and oxygen atoms in total. The fourth-order valence-electron chi connectivity index (χ4n) is 4.04. The average molecular weight is 579 g/mol. The van der Waals surface area contributed by atoms with Gasteiger partial charge in [0.1, 0.15) is 15.8 Å². The summed E-state index contributed by atoms with van der Waals surface area (Å²) >= 11 is 6.23. The number of rotatable bonds is 6. The molecule has 1 aromatic heterocycles. The van der Waals surface area contributed by atoms with E-state index in [-0.39, 0.29) is 39.9 Å². The maximum atomic E-state index is 13.2. The van der Waals surface area contributed by atoms with Crippen molar-refractivity contribution in [1.29, 1.82) is 0 Å². The summed E-state index contributed by atoms with van der Waals surface area (Å²) in [6.07, 6.45) is -8.32. The van der Waals surface area contributed by atoms with Gasteiger partial charge in [-0.1, -0.05) is 24.0 Å². The molecule has 2 aromatic rings. The quantitative estimate of drug-likeness (QED) is 0.224. The first kappa shape index (κ1) is 27.9. The van der Waals surface area contributed by atoms with E-state index in [9.17, 15) is 40.7 Å². The van der Waals surface area contributed by atoms with Gasteiger partial charge in [0.05, 0.1) is 28.6 Å². The number of amides is 1. The van der Waals surface area contributed by atoms with Crippen LogP contribution in [-0.4, -0.2) is 62.6 Å². The van der Waals surface area contributed by atoms with E-state index in [0.717, 1.165) is 11.8 Å². The van der Waals surface area contributed by atoms with E-state index in [1.807, 2.05) is 0 Å². The van der Waals surface area contributed by atoms with E-state index >= 15 is 0 Å². The Morgan fingerprint density at radius 1 is 1.11 bits per heavy atom. The number of hydrogen-bond acceptors (Lipinski definition) is 7. The smallest absolute Gasteiger partial charge is 0.416 e. The summed E-state index contributed by atoms with van der Waals surface area (Å²) in [5.41, 5.74) is -3.42. The Morgan fingerprint density at radius 3 is 2.32 bits per heavy atom. The van der Waals surface area contributed by atoms with Crippen LogP contribution < -0.4 is 0 Å². The van der Waals surface area contributed by atoms with Crippen molar-refractivity contribution < 1.29 is 50.2 Å². The van der Waals surface area contributed by atoms with Gasteiger partial charge in [0.2, 0.25) is 0 Å². The predicted octanol–water partition coefficient (Wildman–Crippen LogP) is 4.91.